The van der Waals surface area contributed by atoms with Crippen LogP contribution in [0.5, 0.6) is 0 Å². The number of hydrogen-bond acceptors (Lipinski definition) is 5. The van der Waals surface area contributed by atoms with E-state index in [2.05, 4.69) is 10.7 Å². The Balaban J connectivity index is 1.86. The van der Waals surface area contributed by atoms with Crippen molar-refractivity contribution in [3.8, 4) is 0 Å². The molecular formula is C19H18N4O5. The Morgan fingerprint density at radius 1 is 1.21 bits per heavy atom. The highest BCUT2D eigenvalue weighted by Crippen LogP contribution is 2.31. The minimum absolute atomic E-state index is 0.0948. The first-order valence-corrected chi connectivity index (χ1v) is 8.58. The van der Waals surface area contributed by atoms with Crippen LogP contribution in [-0.4, -0.2) is 27.8 Å². The van der Waals surface area contributed by atoms with Crippen molar-refractivity contribution in [1.29, 1.82) is 0 Å². The first kappa shape index (κ1) is 19.0. The van der Waals surface area contributed by atoms with Gasteiger partial charge in [0.1, 0.15) is 5.54 Å². The third-order valence-corrected chi connectivity index (χ3v) is 4.76. The molecule has 0 aromatic heterocycles. The maximum absolute atomic E-state index is 13.0. The summed E-state index contributed by atoms with van der Waals surface area (Å²) in [5, 5.41) is 14.2. The number of hydrazine groups is 1. The molecule has 2 N–H and O–H groups in total. The summed E-state index contributed by atoms with van der Waals surface area (Å²) in [4.78, 5) is 48.2. The average molecular weight is 382 g/mol. The summed E-state index contributed by atoms with van der Waals surface area (Å²) >= 11 is 0. The van der Waals surface area contributed by atoms with Gasteiger partial charge >= 0.3 is 6.03 Å². The van der Waals surface area contributed by atoms with Crippen LogP contribution in [-0.2, 0) is 10.3 Å². The second-order valence-corrected chi connectivity index (χ2v) is 6.39. The molecule has 0 saturated carbocycles. The minimum Gasteiger partial charge on any atom is -0.318 e. The lowest BCUT2D eigenvalue weighted by Crippen LogP contribution is -2.48. The summed E-state index contributed by atoms with van der Waals surface area (Å²) in [5.41, 5.74) is 1.90. The SMILES string of the molecule is CC[C@]1(c2ccccc2)NC(=O)N(NC(=O)c2ccc([N+](=O)[O-])c(C)c2)C1=O. The largest absolute Gasteiger partial charge is 0.344 e. The summed E-state index contributed by atoms with van der Waals surface area (Å²) < 4.78 is 0. The lowest BCUT2D eigenvalue weighted by molar-refractivity contribution is -0.385. The quantitative estimate of drug-likeness (QED) is 0.467. The first-order valence-electron chi connectivity index (χ1n) is 8.58. The van der Waals surface area contributed by atoms with Crippen molar-refractivity contribution in [2.45, 2.75) is 25.8 Å². The molecule has 0 spiro atoms. The Morgan fingerprint density at radius 2 is 1.89 bits per heavy atom. The summed E-state index contributed by atoms with van der Waals surface area (Å²) in [7, 11) is 0. The molecule has 9 heteroatoms. The van der Waals surface area contributed by atoms with Gasteiger partial charge in [0.2, 0.25) is 0 Å². The Kier molecular flexibility index (Phi) is 4.83. The number of nitrogens with one attached hydrogen (secondary N) is 2. The highest BCUT2D eigenvalue weighted by molar-refractivity contribution is 6.09. The Labute approximate surface area is 160 Å². The predicted octanol–water partition coefficient (Wildman–Crippen LogP) is 2.41. The van der Waals surface area contributed by atoms with Gasteiger partial charge in [-0.2, -0.15) is 5.01 Å². The van der Waals surface area contributed by atoms with E-state index in [0.717, 1.165) is 0 Å². The molecule has 0 radical (unpaired) electrons. The van der Waals surface area contributed by atoms with Crippen molar-refractivity contribution < 1.29 is 19.3 Å². The topological polar surface area (TPSA) is 122 Å². The van der Waals surface area contributed by atoms with Crippen LogP contribution in [0, 0.1) is 17.0 Å². The molecule has 2 aromatic carbocycles. The fourth-order valence-corrected chi connectivity index (χ4v) is 3.21. The number of nitro groups is 1. The van der Waals surface area contributed by atoms with Crippen LogP contribution in [0.25, 0.3) is 0 Å². The third-order valence-electron chi connectivity index (χ3n) is 4.76. The second-order valence-electron chi connectivity index (χ2n) is 6.39. The maximum atomic E-state index is 13.0. The van der Waals surface area contributed by atoms with Crippen molar-refractivity contribution in [3.05, 3.63) is 75.3 Å². The number of nitro benzene ring substituents is 1. The van der Waals surface area contributed by atoms with E-state index in [-0.39, 0.29) is 11.3 Å². The number of amides is 4. The molecule has 28 heavy (non-hydrogen) atoms. The minimum atomic E-state index is -1.27. The normalized spacial score (nSPS) is 18.7. The fourth-order valence-electron chi connectivity index (χ4n) is 3.21. The molecule has 2 aromatic rings. The second kappa shape index (κ2) is 7.10. The molecule has 9 nitrogen and oxygen atoms in total. The Hall–Kier alpha value is -3.75. The van der Waals surface area contributed by atoms with Crippen LogP contribution in [0.4, 0.5) is 10.5 Å². The lowest BCUT2D eigenvalue weighted by Gasteiger charge is -2.25. The molecule has 144 valence electrons. The zero-order chi connectivity index (χ0) is 20.5. The van der Waals surface area contributed by atoms with Crippen molar-refractivity contribution in [2.75, 3.05) is 0 Å². The monoisotopic (exact) mass is 382 g/mol. The van der Waals surface area contributed by atoms with Gasteiger partial charge in [-0.05, 0) is 31.0 Å². The molecule has 1 saturated heterocycles. The number of aryl methyl sites for hydroxylation is 1. The zero-order valence-electron chi connectivity index (χ0n) is 15.3. The van der Waals surface area contributed by atoms with Crippen LogP contribution in [0.3, 0.4) is 0 Å². The van der Waals surface area contributed by atoms with Crippen LogP contribution in [0.1, 0.15) is 34.8 Å². The van der Waals surface area contributed by atoms with Crippen LogP contribution < -0.4 is 10.7 Å². The van der Waals surface area contributed by atoms with Gasteiger partial charge in [-0.25, -0.2) is 4.79 Å². The fraction of sp³-hybridized carbons (Fsp3) is 0.211. The smallest absolute Gasteiger partial charge is 0.318 e. The molecule has 1 aliphatic heterocycles. The van der Waals surface area contributed by atoms with Gasteiger partial charge in [-0.15, -0.1) is 0 Å². The van der Waals surface area contributed by atoms with E-state index in [9.17, 15) is 24.5 Å². The van der Waals surface area contributed by atoms with Crippen LogP contribution in [0.15, 0.2) is 48.5 Å². The molecule has 4 amide bonds. The molecule has 0 aliphatic carbocycles. The average Bonchev–Trinajstić information content (AvgIpc) is 2.93. The first-order chi connectivity index (χ1) is 13.3. The van der Waals surface area contributed by atoms with Crippen molar-refractivity contribution in [3.63, 3.8) is 0 Å². The lowest BCUT2D eigenvalue weighted by atomic mass is 9.87. The maximum Gasteiger partial charge on any atom is 0.344 e. The molecule has 1 heterocycles. The van der Waals surface area contributed by atoms with Gasteiger partial charge in [0.25, 0.3) is 17.5 Å². The summed E-state index contributed by atoms with van der Waals surface area (Å²) in [5.74, 6) is -1.32. The van der Waals surface area contributed by atoms with E-state index in [0.29, 0.717) is 22.6 Å². The number of urea groups is 1. The number of nitrogens with zero attached hydrogens (tertiary/aromatic N) is 2. The van der Waals surface area contributed by atoms with Crippen LogP contribution in [0.2, 0.25) is 0 Å². The number of carbonyl (C=O) groups is 3. The van der Waals surface area contributed by atoms with Gasteiger partial charge < -0.3 is 5.32 Å². The molecule has 0 bridgehead atoms. The van der Waals surface area contributed by atoms with Gasteiger partial charge in [0.15, 0.2) is 0 Å². The molecular weight excluding hydrogens is 364 g/mol. The van der Waals surface area contributed by atoms with Gasteiger partial charge in [-0.3, -0.25) is 25.1 Å². The molecule has 1 aliphatic rings. The Morgan fingerprint density at radius 3 is 2.46 bits per heavy atom. The summed E-state index contributed by atoms with van der Waals surface area (Å²) in [6.45, 7) is 3.26. The van der Waals surface area contributed by atoms with E-state index in [1.54, 1.807) is 37.3 Å². The third kappa shape index (κ3) is 3.07. The van der Waals surface area contributed by atoms with Gasteiger partial charge in [0.05, 0.1) is 4.92 Å². The van der Waals surface area contributed by atoms with Crippen molar-refractivity contribution in [2.24, 2.45) is 0 Å². The standard InChI is InChI=1S/C19H18N4O5/c1-3-19(14-7-5-4-6-8-14)17(25)22(18(26)20-19)21-16(24)13-9-10-15(23(27)28)12(2)11-13/h4-11H,3H2,1-2H3,(H,20,26)(H,21,24)/t19-/m1/s1. The van der Waals surface area contributed by atoms with E-state index < -0.39 is 28.3 Å². The number of imide groups is 1. The van der Waals surface area contributed by atoms with E-state index in [1.165, 1.54) is 25.1 Å². The number of carbonyl (C=O) groups excluding carboxylic acids is 3. The van der Waals surface area contributed by atoms with Crippen molar-refractivity contribution in [1.82, 2.24) is 15.8 Å². The summed E-state index contributed by atoms with van der Waals surface area (Å²) in [6, 6.07) is 11.8. The number of rotatable bonds is 5. The highest BCUT2D eigenvalue weighted by atomic mass is 16.6. The highest BCUT2D eigenvalue weighted by Gasteiger charge is 2.52. The summed E-state index contributed by atoms with van der Waals surface area (Å²) in [6.07, 6.45) is 0.296. The van der Waals surface area contributed by atoms with Gasteiger partial charge in [0, 0.05) is 17.2 Å². The zero-order valence-corrected chi connectivity index (χ0v) is 15.3. The Bertz CT molecular complexity index is 976. The number of benzene rings is 2. The molecule has 3 rings (SSSR count). The van der Waals surface area contributed by atoms with Crippen LogP contribution >= 0.6 is 0 Å². The van der Waals surface area contributed by atoms with E-state index >= 15 is 0 Å². The molecule has 0 unspecified atom stereocenters. The van der Waals surface area contributed by atoms with Gasteiger partial charge in [-0.1, -0.05) is 37.3 Å². The molecule has 1 fully saturated rings. The van der Waals surface area contributed by atoms with Crippen molar-refractivity contribution >= 4 is 23.5 Å². The van der Waals surface area contributed by atoms with E-state index in [4.69, 9.17) is 0 Å². The van der Waals surface area contributed by atoms with E-state index in [1.807, 2.05) is 0 Å². The predicted molar refractivity (Wildman–Crippen MR) is 99.1 cm³/mol. The molecule has 1 atom stereocenters. The number of hydrogen-bond donors (Lipinski definition) is 2.